The van der Waals surface area contributed by atoms with Gasteiger partial charge >= 0.3 is 0 Å². The van der Waals surface area contributed by atoms with Crippen LogP contribution in [0.2, 0.25) is 0 Å². The average Bonchev–Trinajstić information content (AvgIpc) is 2.51. The van der Waals surface area contributed by atoms with Crippen LogP contribution in [0.15, 0.2) is 24.3 Å². The van der Waals surface area contributed by atoms with Crippen LogP contribution >= 0.6 is 0 Å². The Morgan fingerprint density at radius 2 is 1.68 bits per heavy atom. The third-order valence-corrected chi connectivity index (χ3v) is 4.69. The summed E-state index contributed by atoms with van der Waals surface area (Å²) in [5.41, 5.74) is 1.46. The van der Waals surface area contributed by atoms with Crippen molar-refractivity contribution in [2.45, 2.75) is 64.7 Å². The summed E-state index contributed by atoms with van der Waals surface area (Å²) in [6.07, 6.45) is 8.13. The molecular formula is C20H34NO+. The highest BCUT2D eigenvalue weighted by Crippen LogP contribution is 2.30. The summed E-state index contributed by atoms with van der Waals surface area (Å²) in [6.45, 7) is 11.7. The number of nitrogens with one attached hydrogen (secondary N) is 1. The summed E-state index contributed by atoms with van der Waals surface area (Å²) >= 11 is 0. The molecule has 1 aromatic carbocycles. The molecule has 0 aromatic heterocycles. The van der Waals surface area contributed by atoms with Crippen molar-refractivity contribution in [3.63, 3.8) is 0 Å². The van der Waals surface area contributed by atoms with Crippen molar-refractivity contribution in [1.82, 2.24) is 0 Å². The van der Waals surface area contributed by atoms with Crippen LogP contribution < -0.4 is 9.64 Å². The molecule has 22 heavy (non-hydrogen) atoms. The first-order valence-corrected chi connectivity index (χ1v) is 9.13. The van der Waals surface area contributed by atoms with E-state index in [1.54, 1.807) is 0 Å². The monoisotopic (exact) mass is 304 g/mol. The van der Waals surface area contributed by atoms with Crippen molar-refractivity contribution >= 4 is 0 Å². The number of para-hydroxylation sites is 1. The molecule has 0 spiro atoms. The second kappa shape index (κ2) is 8.57. The van der Waals surface area contributed by atoms with Crippen LogP contribution in [0, 0.1) is 0 Å². The molecule has 1 aromatic rings. The van der Waals surface area contributed by atoms with Crippen LogP contribution in [-0.4, -0.2) is 26.2 Å². The molecule has 0 unspecified atom stereocenters. The molecule has 1 aliphatic heterocycles. The van der Waals surface area contributed by atoms with E-state index in [1.807, 2.05) is 4.90 Å². The van der Waals surface area contributed by atoms with E-state index in [0.29, 0.717) is 0 Å². The zero-order valence-electron chi connectivity index (χ0n) is 14.8. The van der Waals surface area contributed by atoms with Crippen molar-refractivity contribution in [3.05, 3.63) is 29.8 Å². The van der Waals surface area contributed by atoms with Gasteiger partial charge in [0.2, 0.25) is 0 Å². The summed E-state index contributed by atoms with van der Waals surface area (Å²) in [5, 5.41) is 0. The number of ether oxygens (including phenoxy) is 1. The van der Waals surface area contributed by atoms with Gasteiger partial charge in [0.1, 0.15) is 5.75 Å². The summed E-state index contributed by atoms with van der Waals surface area (Å²) in [6, 6.07) is 8.48. The second-order valence-electron chi connectivity index (χ2n) is 7.72. The van der Waals surface area contributed by atoms with Gasteiger partial charge in [0.05, 0.1) is 26.2 Å². The highest BCUT2D eigenvalue weighted by atomic mass is 16.5. The van der Waals surface area contributed by atoms with E-state index < -0.39 is 0 Å². The first kappa shape index (κ1) is 17.3. The van der Waals surface area contributed by atoms with E-state index in [1.165, 1.54) is 63.7 Å². The second-order valence-corrected chi connectivity index (χ2v) is 7.72. The van der Waals surface area contributed by atoms with Crippen molar-refractivity contribution in [2.75, 3.05) is 26.2 Å². The summed E-state index contributed by atoms with van der Waals surface area (Å²) in [4.78, 5) is 1.82. The van der Waals surface area contributed by atoms with Crippen molar-refractivity contribution < 1.29 is 9.64 Å². The Morgan fingerprint density at radius 3 is 2.41 bits per heavy atom. The summed E-state index contributed by atoms with van der Waals surface area (Å²) in [5.74, 6) is 1.07. The fourth-order valence-corrected chi connectivity index (χ4v) is 3.35. The SMILES string of the molecule is CC(C)(C)c1ccccc1OCCCCC[NH+]1CCCCC1. The molecule has 2 heteroatoms. The maximum absolute atomic E-state index is 6.05. The van der Waals surface area contributed by atoms with E-state index >= 15 is 0 Å². The standard InChI is InChI=1S/C20H33NO/c1-20(2,3)18-12-6-7-13-19(18)22-17-11-5-10-16-21-14-8-4-9-15-21/h6-7,12-13H,4-5,8-11,14-17H2,1-3H3/p+1. The van der Waals surface area contributed by atoms with Gasteiger partial charge in [0.25, 0.3) is 0 Å². The lowest BCUT2D eigenvalue weighted by molar-refractivity contribution is -0.905. The molecule has 1 aliphatic rings. The number of hydrogen-bond donors (Lipinski definition) is 1. The number of quaternary nitrogens is 1. The molecule has 2 nitrogen and oxygen atoms in total. The largest absolute Gasteiger partial charge is 0.493 e. The van der Waals surface area contributed by atoms with Crippen LogP contribution in [0.1, 0.15) is 64.9 Å². The van der Waals surface area contributed by atoms with Crippen LogP contribution in [0.25, 0.3) is 0 Å². The van der Waals surface area contributed by atoms with Gasteiger partial charge in [0.15, 0.2) is 0 Å². The number of hydrogen-bond acceptors (Lipinski definition) is 1. The van der Waals surface area contributed by atoms with Gasteiger partial charge in [-0.25, -0.2) is 0 Å². The lowest BCUT2D eigenvalue weighted by Crippen LogP contribution is -3.12. The summed E-state index contributed by atoms with van der Waals surface area (Å²) in [7, 11) is 0. The highest BCUT2D eigenvalue weighted by molar-refractivity contribution is 5.38. The number of rotatable bonds is 7. The van der Waals surface area contributed by atoms with E-state index in [9.17, 15) is 0 Å². The zero-order chi connectivity index (χ0) is 15.8. The number of likely N-dealkylation sites (tertiary alicyclic amines) is 1. The van der Waals surface area contributed by atoms with Crippen molar-refractivity contribution in [1.29, 1.82) is 0 Å². The molecule has 0 amide bonds. The normalized spacial score (nSPS) is 16.7. The van der Waals surface area contributed by atoms with Gasteiger partial charge in [-0.1, -0.05) is 39.0 Å². The predicted octanol–water partition coefficient (Wildman–Crippen LogP) is 3.60. The topological polar surface area (TPSA) is 13.7 Å². The molecule has 1 heterocycles. The summed E-state index contributed by atoms with van der Waals surface area (Å²) < 4.78 is 6.05. The Labute approximate surface area is 136 Å². The molecule has 0 radical (unpaired) electrons. The molecule has 2 rings (SSSR count). The fourth-order valence-electron chi connectivity index (χ4n) is 3.35. The van der Waals surface area contributed by atoms with Crippen LogP contribution in [0.4, 0.5) is 0 Å². The first-order valence-electron chi connectivity index (χ1n) is 9.13. The molecule has 1 saturated heterocycles. The van der Waals surface area contributed by atoms with Gasteiger partial charge in [-0.05, 0) is 55.6 Å². The smallest absolute Gasteiger partial charge is 0.123 e. The van der Waals surface area contributed by atoms with E-state index in [-0.39, 0.29) is 5.41 Å². The van der Waals surface area contributed by atoms with Gasteiger partial charge in [-0.3, -0.25) is 0 Å². The molecule has 0 saturated carbocycles. The molecule has 0 bridgehead atoms. The number of benzene rings is 1. The van der Waals surface area contributed by atoms with E-state index in [4.69, 9.17) is 4.74 Å². The molecular weight excluding hydrogens is 270 g/mol. The number of unbranched alkanes of at least 4 members (excludes halogenated alkanes) is 2. The Morgan fingerprint density at radius 1 is 0.955 bits per heavy atom. The third kappa shape index (κ3) is 5.64. The zero-order valence-corrected chi connectivity index (χ0v) is 14.8. The minimum atomic E-state index is 0.147. The van der Waals surface area contributed by atoms with E-state index in [0.717, 1.165) is 12.4 Å². The van der Waals surface area contributed by atoms with Crippen LogP contribution in [-0.2, 0) is 5.41 Å². The van der Waals surface area contributed by atoms with Gasteiger partial charge in [0, 0.05) is 0 Å². The molecule has 0 aliphatic carbocycles. The lowest BCUT2D eigenvalue weighted by atomic mass is 9.86. The Bertz CT molecular complexity index is 430. The predicted molar refractivity (Wildman–Crippen MR) is 93.9 cm³/mol. The number of piperidine rings is 1. The van der Waals surface area contributed by atoms with Crippen molar-refractivity contribution in [2.24, 2.45) is 0 Å². The van der Waals surface area contributed by atoms with Gasteiger partial charge in [-0.15, -0.1) is 0 Å². The fraction of sp³-hybridized carbons (Fsp3) is 0.700. The van der Waals surface area contributed by atoms with Crippen LogP contribution in [0.3, 0.4) is 0 Å². The Kier molecular flexibility index (Phi) is 6.75. The molecule has 124 valence electrons. The van der Waals surface area contributed by atoms with Gasteiger partial charge < -0.3 is 9.64 Å². The highest BCUT2D eigenvalue weighted by Gasteiger charge is 2.18. The molecule has 1 fully saturated rings. The Hall–Kier alpha value is -1.02. The minimum absolute atomic E-state index is 0.147. The van der Waals surface area contributed by atoms with Crippen LogP contribution in [0.5, 0.6) is 5.75 Å². The molecule has 0 atom stereocenters. The quantitative estimate of drug-likeness (QED) is 0.760. The van der Waals surface area contributed by atoms with Crippen molar-refractivity contribution in [3.8, 4) is 5.75 Å². The maximum atomic E-state index is 6.05. The third-order valence-electron chi connectivity index (χ3n) is 4.69. The van der Waals surface area contributed by atoms with E-state index in [2.05, 4.69) is 45.0 Å². The van der Waals surface area contributed by atoms with Gasteiger partial charge in [-0.2, -0.15) is 0 Å². The first-order chi connectivity index (χ1) is 10.6. The average molecular weight is 304 g/mol. The lowest BCUT2D eigenvalue weighted by Gasteiger charge is -2.23. The maximum Gasteiger partial charge on any atom is 0.123 e. The minimum Gasteiger partial charge on any atom is -0.493 e. The molecule has 1 N–H and O–H groups in total. The Balaban J connectivity index is 1.64.